The topological polar surface area (TPSA) is 55.8 Å². The van der Waals surface area contributed by atoms with Crippen LogP contribution in [0.3, 0.4) is 0 Å². The molecule has 0 atom stereocenters. The molecule has 25 heavy (non-hydrogen) atoms. The highest BCUT2D eigenvalue weighted by Crippen LogP contribution is 2.13. The van der Waals surface area contributed by atoms with E-state index in [2.05, 4.69) is 4.90 Å². The molecule has 1 aliphatic heterocycles. The largest absolute Gasteiger partial charge is 0.466 e. The van der Waals surface area contributed by atoms with Gasteiger partial charge in [0.1, 0.15) is 0 Å². The van der Waals surface area contributed by atoms with Crippen LogP contribution in [-0.2, 0) is 20.8 Å². The average molecular weight is 347 g/mol. The number of ether oxygens (including phenoxy) is 2. The molecule has 5 heteroatoms. The van der Waals surface area contributed by atoms with Crippen LogP contribution < -0.4 is 0 Å². The number of benzene rings is 1. The number of Topliss-reactive ketones (excluding diaryl/α,β-unsaturated/α-hetero) is 1. The number of unbranched alkanes of at least 4 members (excludes halogenated alkanes) is 2. The molecule has 1 heterocycles. The van der Waals surface area contributed by atoms with Crippen molar-refractivity contribution in [3.05, 3.63) is 35.4 Å². The maximum Gasteiger partial charge on any atom is 0.305 e. The van der Waals surface area contributed by atoms with Gasteiger partial charge in [0.2, 0.25) is 0 Å². The molecular formula is C20H29NO4. The predicted octanol–water partition coefficient (Wildman–Crippen LogP) is 3.22. The van der Waals surface area contributed by atoms with Crippen molar-refractivity contribution >= 4 is 11.8 Å². The third kappa shape index (κ3) is 7.36. The zero-order valence-electron chi connectivity index (χ0n) is 15.2. The Labute approximate surface area is 150 Å². The summed E-state index contributed by atoms with van der Waals surface area (Å²) in [6, 6.07) is 7.94. The molecular weight excluding hydrogens is 318 g/mol. The van der Waals surface area contributed by atoms with Gasteiger partial charge in [-0.1, -0.05) is 30.7 Å². The molecule has 0 aliphatic carbocycles. The van der Waals surface area contributed by atoms with Gasteiger partial charge in [-0.15, -0.1) is 0 Å². The first kappa shape index (κ1) is 19.6. The zero-order valence-corrected chi connectivity index (χ0v) is 15.2. The van der Waals surface area contributed by atoms with Gasteiger partial charge in [-0.3, -0.25) is 14.5 Å². The van der Waals surface area contributed by atoms with E-state index in [0.29, 0.717) is 19.4 Å². The van der Waals surface area contributed by atoms with Crippen LogP contribution in [0, 0.1) is 0 Å². The first-order chi connectivity index (χ1) is 12.2. The second-order valence-electron chi connectivity index (χ2n) is 6.37. The number of hydrogen-bond acceptors (Lipinski definition) is 5. The zero-order chi connectivity index (χ0) is 17.9. The number of nitrogens with zero attached hydrogens (tertiary/aromatic N) is 1. The number of ketones is 1. The second kappa shape index (κ2) is 11.0. The molecule has 1 aromatic rings. The fourth-order valence-corrected chi connectivity index (χ4v) is 2.92. The maximum atomic E-state index is 12.2. The Morgan fingerprint density at radius 3 is 2.40 bits per heavy atom. The third-order valence-electron chi connectivity index (χ3n) is 4.38. The molecule has 0 amide bonds. The van der Waals surface area contributed by atoms with Gasteiger partial charge in [0, 0.05) is 38.0 Å². The molecule has 0 spiro atoms. The number of carbonyl (C=O) groups excluding carboxylic acids is 2. The first-order valence-corrected chi connectivity index (χ1v) is 9.27. The Bertz CT molecular complexity index is 535. The van der Waals surface area contributed by atoms with Crippen LogP contribution >= 0.6 is 0 Å². The SMILES string of the molecule is CCOC(=O)CCCCCC(=O)c1ccc(CN2CCOCC2)cc1. The molecule has 1 aliphatic rings. The predicted molar refractivity (Wildman–Crippen MR) is 96.6 cm³/mol. The van der Waals surface area contributed by atoms with Crippen molar-refractivity contribution in [2.45, 2.75) is 45.6 Å². The first-order valence-electron chi connectivity index (χ1n) is 9.27. The molecule has 0 bridgehead atoms. The molecule has 5 nitrogen and oxygen atoms in total. The van der Waals surface area contributed by atoms with Gasteiger partial charge in [0.05, 0.1) is 19.8 Å². The molecule has 1 saturated heterocycles. The number of hydrogen-bond donors (Lipinski definition) is 0. The van der Waals surface area contributed by atoms with Gasteiger partial charge in [-0.05, 0) is 25.3 Å². The summed E-state index contributed by atoms with van der Waals surface area (Å²) in [5, 5.41) is 0. The van der Waals surface area contributed by atoms with Crippen LogP contribution in [0.5, 0.6) is 0 Å². The van der Waals surface area contributed by atoms with Gasteiger partial charge in [-0.2, -0.15) is 0 Å². The summed E-state index contributed by atoms with van der Waals surface area (Å²) in [5.41, 5.74) is 2.00. The van der Waals surface area contributed by atoms with E-state index >= 15 is 0 Å². The van der Waals surface area contributed by atoms with Crippen LogP contribution in [-0.4, -0.2) is 49.6 Å². The van der Waals surface area contributed by atoms with E-state index in [1.165, 1.54) is 5.56 Å². The fourth-order valence-electron chi connectivity index (χ4n) is 2.92. The second-order valence-corrected chi connectivity index (χ2v) is 6.37. The molecule has 0 unspecified atom stereocenters. The smallest absolute Gasteiger partial charge is 0.305 e. The highest BCUT2D eigenvalue weighted by molar-refractivity contribution is 5.96. The normalized spacial score (nSPS) is 15.1. The Morgan fingerprint density at radius 2 is 1.72 bits per heavy atom. The van der Waals surface area contributed by atoms with Crippen LogP contribution in [0.4, 0.5) is 0 Å². The molecule has 138 valence electrons. The summed E-state index contributed by atoms with van der Waals surface area (Å²) in [6.45, 7) is 6.67. The minimum atomic E-state index is -0.148. The van der Waals surface area contributed by atoms with E-state index in [1.807, 2.05) is 31.2 Å². The minimum Gasteiger partial charge on any atom is -0.466 e. The van der Waals surface area contributed by atoms with Gasteiger partial charge >= 0.3 is 5.97 Å². The lowest BCUT2D eigenvalue weighted by Crippen LogP contribution is -2.35. The Kier molecular flexibility index (Phi) is 8.63. The lowest BCUT2D eigenvalue weighted by atomic mass is 10.0. The van der Waals surface area contributed by atoms with Crippen LogP contribution in [0.15, 0.2) is 24.3 Å². The lowest BCUT2D eigenvalue weighted by Gasteiger charge is -2.26. The van der Waals surface area contributed by atoms with Crippen molar-refractivity contribution in [2.75, 3.05) is 32.9 Å². The number of esters is 1. The van der Waals surface area contributed by atoms with Crippen molar-refractivity contribution in [2.24, 2.45) is 0 Å². The minimum absolute atomic E-state index is 0.148. The van der Waals surface area contributed by atoms with Crippen molar-refractivity contribution < 1.29 is 19.1 Å². The maximum absolute atomic E-state index is 12.2. The summed E-state index contributed by atoms with van der Waals surface area (Å²) in [7, 11) is 0. The fraction of sp³-hybridized carbons (Fsp3) is 0.600. The van der Waals surface area contributed by atoms with Crippen LogP contribution in [0.2, 0.25) is 0 Å². The Morgan fingerprint density at radius 1 is 1.04 bits per heavy atom. The van der Waals surface area contributed by atoms with Gasteiger partial charge in [-0.25, -0.2) is 0 Å². The van der Waals surface area contributed by atoms with E-state index in [-0.39, 0.29) is 11.8 Å². The lowest BCUT2D eigenvalue weighted by molar-refractivity contribution is -0.143. The van der Waals surface area contributed by atoms with Crippen molar-refractivity contribution in [1.82, 2.24) is 4.90 Å². The van der Waals surface area contributed by atoms with E-state index in [4.69, 9.17) is 9.47 Å². The van der Waals surface area contributed by atoms with Crippen LogP contribution in [0.25, 0.3) is 0 Å². The van der Waals surface area contributed by atoms with E-state index in [0.717, 1.165) is 57.7 Å². The quantitative estimate of drug-likeness (QED) is 0.369. The Balaban J connectivity index is 1.66. The third-order valence-corrected chi connectivity index (χ3v) is 4.38. The van der Waals surface area contributed by atoms with E-state index < -0.39 is 0 Å². The van der Waals surface area contributed by atoms with Crippen molar-refractivity contribution in [3.8, 4) is 0 Å². The van der Waals surface area contributed by atoms with Gasteiger partial charge in [0.15, 0.2) is 5.78 Å². The number of rotatable bonds is 10. The summed E-state index contributed by atoms with van der Waals surface area (Å²) < 4.78 is 10.2. The van der Waals surface area contributed by atoms with E-state index in [1.54, 1.807) is 0 Å². The number of carbonyl (C=O) groups is 2. The molecule has 0 aromatic heterocycles. The monoisotopic (exact) mass is 347 g/mol. The summed E-state index contributed by atoms with van der Waals surface area (Å²) in [4.78, 5) is 25.8. The van der Waals surface area contributed by atoms with Crippen LogP contribution in [0.1, 0.15) is 54.9 Å². The molecule has 0 saturated carbocycles. The molecule has 1 aromatic carbocycles. The number of morpholine rings is 1. The highest BCUT2D eigenvalue weighted by atomic mass is 16.5. The molecule has 0 N–H and O–H groups in total. The summed E-state index contributed by atoms with van der Waals surface area (Å²) in [6.07, 6.45) is 3.45. The molecule has 1 fully saturated rings. The van der Waals surface area contributed by atoms with Crippen molar-refractivity contribution in [1.29, 1.82) is 0 Å². The van der Waals surface area contributed by atoms with Crippen molar-refractivity contribution in [3.63, 3.8) is 0 Å². The van der Waals surface area contributed by atoms with Gasteiger partial charge in [0.25, 0.3) is 0 Å². The Hall–Kier alpha value is -1.72. The summed E-state index contributed by atoms with van der Waals surface area (Å²) >= 11 is 0. The highest BCUT2D eigenvalue weighted by Gasteiger charge is 2.11. The standard InChI is InChI=1S/C20H29NO4/c1-2-25-20(23)7-5-3-4-6-19(22)18-10-8-17(9-11-18)16-21-12-14-24-15-13-21/h8-11H,2-7,12-16H2,1H3. The van der Waals surface area contributed by atoms with Gasteiger partial charge < -0.3 is 9.47 Å². The van der Waals surface area contributed by atoms with E-state index in [9.17, 15) is 9.59 Å². The molecule has 2 rings (SSSR count). The summed E-state index contributed by atoms with van der Waals surface area (Å²) in [5.74, 6) is 0.0266. The molecule has 0 radical (unpaired) electrons. The average Bonchev–Trinajstić information content (AvgIpc) is 2.63.